The predicted molar refractivity (Wildman–Crippen MR) is 115 cm³/mol. The lowest BCUT2D eigenvalue weighted by Crippen LogP contribution is -2.31. The molecule has 3 aromatic rings. The molecule has 2 aliphatic heterocycles. The molecule has 0 N–H and O–H groups in total. The molecule has 0 fully saturated rings. The van der Waals surface area contributed by atoms with Gasteiger partial charge in [0, 0.05) is 18.7 Å². The van der Waals surface area contributed by atoms with Crippen LogP contribution in [0.2, 0.25) is 0 Å². The molecule has 1 amide bonds. The van der Waals surface area contributed by atoms with E-state index in [4.69, 9.17) is 23.4 Å². The molecule has 0 atom stereocenters. The number of hydrogen-bond donors (Lipinski definition) is 0. The van der Waals surface area contributed by atoms with Crippen LogP contribution in [0, 0.1) is 0 Å². The van der Waals surface area contributed by atoms with E-state index in [0.29, 0.717) is 54.7 Å². The Hall–Kier alpha value is -3.40. The van der Waals surface area contributed by atoms with Gasteiger partial charge in [0.1, 0.15) is 13.2 Å². The van der Waals surface area contributed by atoms with Crippen molar-refractivity contribution in [2.45, 2.75) is 18.7 Å². The van der Waals surface area contributed by atoms with Crippen molar-refractivity contribution in [1.82, 2.24) is 15.1 Å². The van der Waals surface area contributed by atoms with Gasteiger partial charge < -0.3 is 28.3 Å². The minimum atomic E-state index is -0.0183. The summed E-state index contributed by atoms with van der Waals surface area (Å²) in [5, 5.41) is 8.46. The van der Waals surface area contributed by atoms with Crippen molar-refractivity contribution in [1.29, 1.82) is 0 Å². The second kappa shape index (κ2) is 8.99. The predicted octanol–water partition coefficient (Wildman–Crippen LogP) is 3.38. The monoisotopic (exact) mass is 455 g/mol. The van der Waals surface area contributed by atoms with Crippen molar-refractivity contribution < 1.29 is 28.2 Å². The van der Waals surface area contributed by atoms with Crippen LogP contribution in [0.5, 0.6) is 23.0 Å². The van der Waals surface area contributed by atoms with Crippen molar-refractivity contribution in [3.05, 3.63) is 42.0 Å². The van der Waals surface area contributed by atoms with Gasteiger partial charge in [0.25, 0.3) is 5.22 Å². The minimum absolute atomic E-state index is 0.0183. The largest absolute Gasteiger partial charge is 0.486 e. The SMILES string of the molecule is CCN(Cc1ccc2c(c1)OCCO2)C(=O)CSc1nnc(-c2ccc3c(c2)OCO3)o1. The van der Waals surface area contributed by atoms with E-state index in [0.717, 1.165) is 16.9 Å². The van der Waals surface area contributed by atoms with E-state index in [9.17, 15) is 4.79 Å². The number of carbonyl (C=O) groups is 1. The molecule has 0 unspecified atom stereocenters. The van der Waals surface area contributed by atoms with Gasteiger partial charge >= 0.3 is 0 Å². The fourth-order valence-electron chi connectivity index (χ4n) is 3.41. The van der Waals surface area contributed by atoms with E-state index in [1.807, 2.05) is 31.2 Å². The Morgan fingerprint density at radius 2 is 1.72 bits per heavy atom. The summed E-state index contributed by atoms with van der Waals surface area (Å²) in [7, 11) is 0. The first-order valence-corrected chi connectivity index (χ1v) is 11.2. The van der Waals surface area contributed by atoms with E-state index >= 15 is 0 Å². The van der Waals surface area contributed by atoms with Gasteiger partial charge in [0.2, 0.25) is 18.6 Å². The lowest BCUT2D eigenvalue weighted by Gasteiger charge is -2.23. The number of fused-ring (bicyclic) bond motifs is 2. The van der Waals surface area contributed by atoms with Crippen LogP contribution < -0.4 is 18.9 Å². The highest BCUT2D eigenvalue weighted by atomic mass is 32.2. The number of hydrogen-bond acceptors (Lipinski definition) is 9. The van der Waals surface area contributed by atoms with Crippen molar-refractivity contribution >= 4 is 17.7 Å². The number of rotatable bonds is 7. The third-order valence-corrected chi connectivity index (χ3v) is 5.86. The van der Waals surface area contributed by atoms with Crippen LogP contribution in [-0.4, -0.2) is 53.3 Å². The van der Waals surface area contributed by atoms with Gasteiger partial charge in [0.05, 0.1) is 5.75 Å². The fourth-order valence-corrected chi connectivity index (χ4v) is 4.08. The van der Waals surface area contributed by atoms with Crippen molar-refractivity contribution in [2.24, 2.45) is 0 Å². The lowest BCUT2D eigenvalue weighted by molar-refractivity contribution is -0.128. The summed E-state index contributed by atoms with van der Waals surface area (Å²) in [6.07, 6.45) is 0. The minimum Gasteiger partial charge on any atom is -0.486 e. The smallest absolute Gasteiger partial charge is 0.277 e. The van der Waals surface area contributed by atoms with E-state index in [2.05, 4.69) is 10.2 Å². The molecule has 0 bridgehead atoms. The number of aromatic nitrogens is 2. The van der Waals surface area contributed by atoms with Crippen LogP contribution in [0.1, 0.15) is 12.5 Å². The molecule has 0 saturated heterocycles. The van der Waals surface area contributed by atoms with Crippen LogP contribution in [0.3, 0.4) is 0 Å². The number of ether oxygens (including phenoxy) is 4. The standard InChI is InChI=1S/C22H21N3O6S/c1-2-25(11-14-3-5-16-18(9-14)28-8-7-27-16)20(26)12-32-22-24-23-21(31-22)15-4-6-17-19(10-15)30-13-29-17/h3-6,9-10H,2,7-8,11-13H2,1H3. The first kappa shape index (κ1) is 20.5. The van der Waals surface area contributed by atoms with Crippen LogP contribution in [-0.2, 0) is 11.3 Å². The summed E-state index contributed by atoms with van der Waals surface area (Å²) >= 11 is 1.21. The summed E-state index contributed by atoms with van der Waals surface area (Å²) < 4.78 is 27.6. The summed E-state index contributed by atoms with van der Waals surface area (Å²) in [6, 6.07) is 11.2. The Bertz CT molecular complexity index is 1130. The molecule has 32 heavy (non-hydrogen) atoms. The number of carbonyl (C=O) groups excluding carboxylic acids is 1. The number of thioether (sulfide) groups is 1. The van der Waals surface area contributed by atoms with Crippen LogP contribution in [0.25, 0.3) is 11.5 Å². The molecule has 166 valence electrons. The van der Waals surface area contributed by atoms with Crippen LogP contribution in [0.15, 0.2) is 46.0 Å². The molecule has 0 radical (unpaired) electrons. The van der Waals surface area contributed by atoms with E-state index in [1.54, 1.807) is 17.0 Å². The van der Waals surface area contributed by atoms with Crippen LogP contribution >= 0.6 is 11.8 Å². The average molecular weight is 455 g/mol. The first-order valence-electron chi connectivity index (χ1n) is 10.2. The summed E-state index contributed by atoms with van der Waals surface area (Å²) in [5.74, 6) is 3.32. The van der Waals surface area contributed by atoms with Crippen molar-refractivity contribution in [3.63, 3.8) is 0 Å². The average Bonchev–Trinajstić information content (AvgIpc) is 3.50. The quantitative estimate of drug-likeness (QED) is 0.497. The van der Waals surface area contributed by atoms with Gasteiger partial charge in [-0.15, -0.1) is 10.2 Å². The van der Waals surface area contributed by atoms with E-state index in [1.165, 1.54) is 11.8 Å². The highest BCUT2D eigenvalue weighted by Gasteiger charge is 2.19. The van der Waals surface area contributed by atoms with Gasteiger partial charge in [-0.25, -0.2) is 0 Å². The highest BCUT2D eigenvalue weighted by molar-refractivity contribution is 7.99. The zero-order valence-electron chi connectivity index (χ0n) is 17.4. The number of nitrogens with zero attached hydrogens (tertiary/aromatic N) is 3. The highest BCUT2D eigenvalue weighted by Crippen LogP contribution is 2.36. The van der Waals surface area contributed by atoms with Gasteiger partial charge in [0.15, 0.2) is 23.0 Å². The Labute approximate surface area is 188 Å². The zero-order valence-corrected chi connectivity index (χ0v) is 18.2. The molecular weight excluding hydrogens is 434 g/mol. The van der Waals surface area contributed by atoms with Gasteiger partial charge in [-0.1, -0.05) is 17.8 Å². The Balaban J connectivity index is 1.19. The molecule has 5 rings (SSSR count). The van der Waals surface area contributed by atoms with Crippen molar-refractivity contribution in [3.8, 4) is 34.5 Å². The maximum Gasteiger partial charge on any atom is 0.277 e. The summed E-state index contributed by atoms with van der Waals surface area (Å²) in [6.45, 7) is 4.30. The van der Waals surface area contributed by atoms with Crippen molar-refractivity contribution in [2.75, 3.05) is 32.3 Å². The fraction of sp³-hybridized carbons (Fsp3) is 0.318. The van der Waals surface area contributed by atoms with E-state index < -0.39 is 0 Å². The Morgan fingerprint density at radius 1 is 0.969 bits per heavy atom. The van der Waals surface area contributed by atoms with E-state index in [-0.39, 0.29) is 18.5 Å². The van der Waals surface area contributed by atoms with Crippen LogP contribution in [0.4, 0.5) is 0 Å². The molecule has 0 saturated carbocycles. The molecule has 2 aromatic carbocycles. The zero-order chi connectivity index (χ0) is 21.9. The summed E-state index contributed by atoms with van der Waals surface area (Å²) in [4.78, 5) is 14.5. The number of benzene rings is 2. The Kier molecular flexibility index (Phi) is 5.76. The van der Waals surface area contributed by atoms with Gasteiger partial charge in [-0.2, -0.15) is 0 Å². The molecule has 0 aliphatic carbocycles. The molecule has 0 spiro atoms. The molecule has 10 heteroatoms. The first-order chi connectivity index (χ1) is 15.7. The molecule has 2 aliphatic rings. The molecule has 9 nitrogen and oxygen atoms in total. The summed E-state index contributed by atoms with van der Waals surface area (Å²) in [5.41, 5.74) is 1.71. The lowest BCUT2D eigenvalue weighted by atomic mass is 10.2. The Morgan fingerprint density at radius 3 is 2.59 bits per heavy atom. The second-order valence-electron chi connectivity index (χ2n) is 7.12. The maximum atomic E-state index is 12.8. The topological polar surface area (TPSA) is 96.2 Å². The van der Waals surface area contributed by atoms with Gasteiger partial charge in [-0.3, -0.25) is 4.79 Å². The number of amides is 1. The normalized spacial score (nSPS) is 13.8. The second-order valence-corrected chi connectivity index (χ2v) is 8.04. The van der Waals surface area contributed by atoms with Gasteiger partial charge in [-0.05, 0) is 42.8 Å². The molecular formula is C22H21N3O6S. The third-order valence-electron chi connectivity index (χ3n) is 5.06. The molecule has 1 aromatic heterocycles. The maximum absolute atomic E-state index is 12.8. The third kappa shape index (κ3) is 4.31. The molecule has 3 heterocycles.